The zero-order valence-electron chi connectivity index (χ0n) is 18.7. The van der Waals surface area contributed by atoms with Crippen LogP contribution >= 0.6 is 11.8 Å². The number of thioether (sulfide) groups is 1. The van der Waals surface area contributed by atoms with Crippen LogP contribution in [0.5, 0.6) is 0 Å². The van der Waals surface area contributed by atoms with Crippen LogP contribution in [0.4, 0.5) is 0 Å². The van der Waals surface area contributed by atoms with Crippen LogP contribution in [0.1, 0.15) is 59.8 Å². The number of aliphatic hydroxyl groups is 2. The van der Waals surface area contributed by atoms with E-state index in [-0.39, 0.29) is 24.3 Å². The van der Waals surface area contributed by atoms with Gasteiger partial charge in [-0.25, -0.2) is 0 Å². The van der Waals surface area contributed by atoms with Crippen LogP contribution in [-0.4, -0.2) is 87.1 Å². The summed E-state index contributed by atoms with van der Waals surface area (Å²) in [5, 5.41) is 19.4. The van der Waals surface area contributed by atoms with E-state index in [1.54, 1.807) is 27.8 Å². The molecule has 3 atom stereocenters. The molecule has 0 heterocycles. The van der Waals surface area contributed by atoms with E-state index in [1.165, 1.54) is 28.6 Å². The topological polar surface area (TPSA) is 124 Å². The molecule has 0 bridgehead atoms. The average molecular weight is 434 g/mol. The Labute approximate surface area is 179 Å². The van der Waals surface area contributed by atoms with Gasteiger partial charge < -0.3 is 25.7 Å². The van der Waals surface area contributed by atoms with E-state index in [0.717, 1.165) is 12.2 Å². The Hall–Kier alpha value is -1.32. The van der Waals surface area contributed by atoms with Crippen LogP contribution in [0, 0.1) is 0 Å². The SMILES string of the molecule is CCCC(=O)N(C)[C@H](CSCCCC(C)O)C(=O)N(C)[C@@H](CC(C)(C)O)C(N)=O. The molecule has 1 unspecified atom stereocenters. The van der Waals surface area contributed by atoms with Crippen LogP contribution in [-0.2, 0) is 14.4 Å². The molecule has 0 rings (SSSR count). The Balaban J connectivity index is 5.35. The van der Waals surface area contributed by atoms with Crippen molar-refractivity contribution in [2.75, 3.05) is 25.6 Å². The number of carbonyl (C=O) groups excluding carboxylic acids is 3. The second-order valence-corrected chi connectivity index (χ2v) is 9.37. The molecule has 4 N–H and O–H groups in total. The third kappa shape index (κ3) is 10.9. The molecule has 170 valence electrons. The molecule has 0 aliphatic heterocycles. The number of primary amides is 1. The number of likely N-dealkylation sites (N-methyl/N-ethyl adjacent to an activating group) is 2. The first-order valence-corrected chi connectivity index (χ1v) is 11.3. The molecule has 0 radical (unpaired) electrons. The normalized spacial score (nSPS) is 14.8. The Bertz CT molecular complexity index is 537. The molecule has 0 aromatic carbocycles. The molecule has 8 nitrogen and oxygen atoms in total. The minimum Gasteiger partial charge on any atom is -0.393 e. The number of carbonyl (C=O) groups is 3. The van der Waals surface area contributed by atoms with Crippen molar-refractivity contribution in [3.05, 3.63) is 0 Å². The van der Waals surface area contributed by atoms with Gasteiger partial charge in [0.15, 0.2) is 0 Å². The van der Waals surface area contributed by atoms with Gasteiger partial charge in [0.1, 0.15) is 12.1 Å². The van der Waals surface area contributed by atoms with Crippen molar-refractivity contribution in [3.63, 3.8) is 0 Å². The van der Waals surface area contributed by atoms with Crippen LogP contribution in [0.2, 0.25) is 0 Å². The minimum atomic E-state index is -1.18. The summed E-state index contributed by atoms with van der Waals surface area (Å²) < 4.78 is 0. The first kappa shape index (κ1) is 27.7. The standard InChI is InChI=1S/C20H39N3O5S/c1-7-9-17(25)22(5)16(13-29-11-8-10-14(2)24)19(27)23(6)15(18(21)26)12-20(3,4)28/h14-16,24,28H,7-13H2,1-6H3,(H2,21,26)/t14?,15-,16+/m0/s1. The fourth-order valence-corrected chi connectivity index (χ4v) is 4.01. The number of rotatable bonds is 14. The Kier molecular flexibility index (Phi) is 12.5. The van der Waals surface area contributed by atoms with Gasteiger partial charge in [0.25, 0.3) is 0 Å². The van der Waals surface area contributed by atoms with Crippen LogP contribution in [0.3, 0.4) is 0 Å². The molecular formula is C20H39N3O5S. The lowest BCUT2D eigenvalue weighted by Crippen LogP contribution is -2.56. The minimum absolute atomic E-state index is 0.00540. The van der Waals surface area contributed by atoms with Crippen LogP contribution < -0.4 is 5.73 Å². The third-order valence-electron chi connectivity index (χ3n) is 4.63. The van der Waals surface area contributed by atoms with Crippen LogP contribution in [0.25, 0.3) is 0 Å². The summed E-state index contributed by atoms with van der Waals surface area (Å²) in [6.45, 7) is 6.73. The Morgan fingerprint density at radius 1 is 1.14 bits per heavy atom. The quantitative estimate of drug-likeness (QED) is 0.351. The number of aliphatic hydroxyl groups excluding tert-OH is 1. The summed E-state index contributed by atoms with van der Waals surface area (Å²) in [6, 6.07) is -1.71. The second-order valence-electron chi connectivity index (χ2n) is 8.22. The maximum Gasteiger partial charge on any atom is 0.246 e. The number of amides is 3. The summed E-state index contributed by atoms with van der Waals surface area (Å²) in [7, 11) is 3.08. The zero-order chi connectivity index (χ0) is 22.8. The second kappa shape index (κ2) is 13.1. The highest BCUT2D eigenvalue weighted by Gasteiger charge is 2.36. The van der Waals surface area contributed by atoms with E-state index in [1.807, 2.05) is 6.92 Å². The van der Waals surface area contributed by atoms with E-state index in [0.29, 0.717) is 25.0 Å². The number of nitrogens with two attached hydrogens (primary N) is 1. The maximum absolute atomic E-state index is 13.2. The van der Waals surface area contributed by atoms with Gasteiger partial charge in [0.2, 0.25) is 17.7 Å². The largest absolute Gasteiger partial charge is 0.393 e. The fraction of sp³-hybridized carbons (Fsp3) is 0.850. The number of nitrogens with zero attached hydrogens (tertiary/aromatic N) is 2. The van der Waals surface area contributed by atoms with Gasteiger partial charge in [-0.3, -0.25) is 14.4 Å². The predicted molar refractivity (Wildman–Crippen MR) is 116 cm³/mol. The Morgan fingerprint density at radius 2 is 1.72 bits per heavy atom. The van der Waals surface area contributed by atoms with Gasteiger partial charge in [-0.05, 0) is 45.8 Å². The molecule has 9 heteroatoms. The highest BCUT2D eigenvalue weighted by molar-refractivity contribution is 7.99. The third-order valence-corrected chi connectivity index (χ3v) is 5.76. The fourth-order valence-electron chi connectivity index (χ4n) is 2.88. The molecule has 0 aromatic heterocycles. The predicted octanol–water partition coefficient (Wildman–Crippen LogP) is 0.981. The molecular weight excluding hydrogens is 394 g/mol. The molecule has 3 amide bonds. The highest BCUT2D eigenvalue weighted by atomic mass is 32.2. The van der Waals surface area contributed by atoms with E-state index in [2.05, 4.69) is 0 Å². The van der Waals surface area contributed by atoms with Gasteiger partial charge in [-0.2, -0.15) is 11.8 Å². The van der Waals surface area contributed by atoms with Gasteiger partial charge in [0, 0.05) is 32.7 Å². The van der Waals surface area contributed by atoms with Crippen molar-refractivity contribution in [2.45, 2.75) is 83.6 Å². The van der Waals surface area contributed by atoms with Gasteiger partial charge in [-0.1, -0.05) is 6.92 Å². The van der Waals surface area contributed by atoms with Crippen molar-refractivity contribution in [3.8, 4) is 0 Å². The van der Waals surface area contributed by atoms with Crippen molar-refractivity contribution >= 4 is 29.5 Å². The maximum atomic E-state index is 13.2. The number of hydrogen-bond donors (Lipinski definition) is 3. The molecule has 29 heavy (non-hydrogen) atoms. The van der Waals surface area contributed by atoms with Gasteiger partial charge in [0.05, 0.1) is 11.7 Å². The molecule has 0 aromatic rings. The summed E-state index contributed by atoms with van der Waals surface area (Å²) in [6.07, 6.45) is 2.11. The molecule has 0 aliphatic carbocycles. The molecule has 0 saturated carbocycles. The monoisotopic (exact) mass is 433 g/mol. The van der Waals surface area contributed by atoms with Crippen molar-refractivity contribution in [2.24, 2.45) is 5.73 Å². The summed E-state index contributed by atoms with van der Waals surface area (Å²) in [5.74, 6) is -0.0936. The van der Waals surface area contributed by atoms with Crippen molar-refractivity contribution in [1.82, 2.24) is 9.80 Å². The summed E-state index contributed by atoms with van der Waals surface area (Å²) in [4.78, 5) is 40.2. The summed E-state index contributed by atoms with van der Waals surface area (Å²) >= 11 is 1.53. The zero-order valence-corrected chi connectivity index (χ0v) is 19.5. The van der Waals surface area contributed by atoms with E-state index < -0.39 is 23.6 Å². The molecule has 0 spiro atoms. The van der Waals surface area contributed by atoms with Crippen molar-refractivity contribution in [1.29, 1.82) is 0 Å². The molecule has 0 fully saturated rings. The first-order valence-electron chi connectivity index (χ1n) is 10.1. The van der Waals surface area contributed by atoms with E-state index in [4.69, 9.17) is 5.73 Å². The lowest BCUT2D eigenvalue weighted by atomic mass is 9.97. The number of hydrogen-bond acceptors (Lipinski definition) is 6. The van der Waals surface area contributed by atoms with Gasteiger partial charge >= 0.3 is 0 Å². The smallest absolute Gasteiger partial charge is 0.246 e. The highest BCUT2D eigenvalue weighted by Crippen LogP contribution is 2.19. The molecule has 0 aliphatic rings. The van der Waals surface area contributed by atoms with Gasteiger partial charge in [-0.15, -0.1) is 0 Å². The van der Waals surface area contributed by atoms with Crippen LogP contribution in [0.15, 0.2) is 0 Å². The Morgan fingerprint density at radius 3 is 2.17 bits per heavy atom. The first-order chi connectivity index (χ1) is 13.3. The molecule has 0 saturated heterocycles. The lowest BCUT2D eigenvalue weighted by Gasteiger charge is -2.35. The van der Waals surface area contributed by atoms with E-state index in [9.17, 15) is 24.6 Å². The summed E-state index contributed by atoms with van der Waals surface area (Å²) in [5.41, 5.74) is 4.30. The van der Waals surface area contributed by atoms with Crippen molar-refractivity contribution < 1.29 is 24.6 Å². The average Bonchev–Trinajstić information content (AvgIpc) is 2.60. The van der Waals surface area contributed by atoms with E-state index >= 15 is 0 Å². The lowest BCUT2D eigenvalue weighted by molar-refractivity contribution is -0.147.